The Morgan fingerprint density at radius 1 is 1.19 bits per heavy atom. The molecule has 120 valence electrons. The van der Waals surface area contributed by atoms with E-state index in [4.69, 9.17) is 5.73 Å². The highest BCUT2D eigenvalue weighted by Gasteiger charge is 2.48. The van der Waals surface area contributed by atoms with Gasteiger partial charge in [0.25, 0.3) is 0 Å². The first-order valence-corrected chi connectivity index (χ1v) is 9.74. The number of nitrogens with zero attached hydrogens (tertiary/aromatic N) is 1. The van der Waals surface area contributed by atoms with Gasteiger partial charge in [-0.15, -0.1) is 0 Å². The van der Waals surface area contributed by atoms with Crippen LogP contribution in [0.5, 0.6) is 0 Å². The van der Waals surface area contributed by atoms with E-state index in [1.54, 1.807) is 0 Å². The number of hydrogen-bond acceptors (Lipinski definition) is 5. The molecule has 0 radical (unpaired) electrons. The van der Waals surface area contributed by atoms with Gasteiger partial charge < -0.3 is 11.1 Å². The molecule has 1 heterocycles. The minimum Gasteiger partial charge on any atom is -0.368 e. The summed E-state index contributed by atoms with van der Waals surface area (Å²) in [5.41, 5.74) is 5.09. The van der Waals surface area contributed by atoms with Crippen molar-refractivity contribution in [1.29, 1.82) is 0 Å². The van der Waals surface area contributed by atoms with E-state index in [1.165, 1.54) is 0 Å². The summed E-state index contributed by atoms with van der Waals surface area (Å²) in [6.07, 6.45) is 5.36. The molecule has 0 spiro atoms. The summed E-state index contributed by atoms with van der Waals surface area (Å²) < 4.78 is 23.4. The standard InChI is InChI=1S/C14H25N3O3S/c15-13(18)14(16-11-2-3-11)5-4-12(10-14)17-6-1-8-21(19,20)9-7-17/h11-12,16H,1-10H2,(H2,15,18). The molecule has 0 aromatic rings. The Balaban J connectivity index is 1.66. The minimum atomic E-state index is -2.88. The Bertz CT molecular complexity index is 518. The molecular weight excluding hydrogens is 290 g/mol. The molecule has 2 aliphatic carbocycles. The summed E-state index contributed by atoms with van der Waals surface area (Å²) in [5.74, 6) is 0.278. The van der Waals surface area contributed by atoms with Gasteiger partial charge in [0.15, 0.2) is 9.84 Å². The molecule has 1 aliphatic heterocycles. The molecule has 3 aliphatic rings. The second-order valence-corrected chi connectivity index (χ2v) is 9.11. The van der Waals surface area contributed by atoms with Crippen molar-refractivity contribution >= 4 is 15.7 Å². The zero-order chi connectivity index (χ0) is 15.1. The van der Waals surface area contributed by atoms with Crippen LogP contribution in [0.4, 0.5) is 0 Å². The van der Waals surface area contributed by atoms with Crippen LogP contribution in [0.1, 0.15) is 38.5 Å². The zero-order valence-electron chi connectivity index (χ0n) is 12.4. The summed E-state index contributed by atoms with van der Waals surface area (Å²) in [7, 11) is -2.88. The number of rotatable bonds is 4. The molecule has 3 N–H and O–H groups in total. The molecule has 3 fully saturated rings. The maximum Gasteiger partial charge on any atom is 0.237 e. The molecule has 0 aromatic heterocycles. The van der Waals surface area contributed by atoms with Crippen LogP contribution in [0.15, 0.2) is 0 Å². The van der Waals surface area contributed by atoms with Gasteiger partial charge in [-0.25, -0.2) is 8.42 Å². The molecule has 3 rings (SSSR count). The SMILES string of the molecule is NC(=O)C1(NC2CC2)CCC(N2CCCS(=O)(=O)CC2)C1. The van der Waals surface area contributed by atoms with Gasteiger partial charge in [0.2, 0.25) is 5.91 Å². The first-order valence-electron chi connectivity index (χ1n) is 7.92. The van der Waals surface area contributed by atoms with Gasteiger partial charge in [-0.1, -0.05) is 0 Å². The molecule has 6 nitrogen and oxygen atoms in total. The summed E-state index contributed by atoms with van der Waals surface area (Å²) >= 11 is 0. The molecule has 0 bridgehead atoms. The Labute approximate surface area is 126 Å². The average Bonchev–Trinajstić information content (AvgIpc) is 3.13. The van der Waals surface area contributed by atoms with Crippen LogP contribution >= 0.6 is 0 Å². The maximum atomic E-state index is 11.9. The predicted molar refractivity (Wildman–Crippen MR) is 80.6 cm³/mol. The van der Waals surface area contributed by atoms with Crippen LogP contribution in [0, 0.1) is 0 Å². The van der Waals surface area contributed by atoms with Crippen LogP contribution in [-0.4, -0.2) is 61.4 Å². The number of amides is 1. The van der Waals surface area contributed by atoms with Crippen LogP contribution in [0.25, 0.3) is 0 Å². The summed E-state index contributed by atoms with van der Waals surface area (Å²) in [6, 6.07) is 0.720. The Kier molecular flexibility index (Phi) is 4.00. The van der Waals surface area contributed by atoms with Crippen LogP contribution in [-0.2, 0) is 14.6 Å². The van der Waals surface area contributed by atoms with Crippen molar-refractivity contribution in [3.8, 4) is 0 Å². The van der Waals surface area contributed by atoms with Gasteiger partial charge in [-0.2, -0.15) is 0 Å². The lowest BCUT2D eigenvalue weighted by Crippen LogP contribution is -2.55. The van der Waals surface area contributed by atoms with Gasteiger partial charge in [0, 0.05) is 18.6 Å². The Hall–Kier alpha value is -0.660. The van der Waals surface area contributed by atoms with Crippen molar-refractivity contribution in [2.24, 2.45) is 5.73 Å². The van der Waals surface area contributed by atoms with Crippen LogP contribution in [0.2, 0.25) is 0 Å². The maximum absolute atomic E-state index is 11.9. The second-order valence-electron chi connectivity index (χ2n) is 6.80. The number of nitrogens with two attached hydrogens (primary N) is 1. The third-order valence-electron chi connectivity index (χ3n) is 5.12. The molecule has 7 heteroatoms. The van der Waals surface area contributed by atoms with Gasteiger partial charge >= 0.3 is 0 Å². The largest absolute Gasteiger partial charge is 0.368 e. The monoisotopic (exact) mass is 315 g/mol. The van der Waals surface area contributed by atoms with E-state index in [2.05, 4.69) is 10.2 Å². The lowest BCUT2D eigenvalue weighted by atomic mass is 9.96. The van der Waals surface area contributed by atoms with Gasteiger partial charge in [-0.05, 0) is 45.1 Å². The molecule has 21 heavy (non-hydrogen) atoms. The molecule has 1 amide bonds. The summed E-state index contributed by atoms with van der Waals surface area (Å²) in [4.78, 5) is 14.2. The highest BCUT2D eigenvalue weighted by molar-refractivity contribution is 7.91. The van der Waals surface area contributed by atoms with Crippen molar-refractivity contribution in [2.45, 2.75) is 56.1 Å². The number of sulfone groups is 1. The van der Waals surface area contributed by atoms with E-state index in [9.17, 15) is 13.2 Å². The average molecular weight is 315 g/mol. The first kappa shape index (κ1) is 15.2. The van der Waals surface area contributed by atoms with E-state index in [-0.39, 0.29) is 23.5 Å². The Morgan fingerprint density at radius 3 is 2.62 bits per heavy atom. The third kappa shape index (κ3) is 3.40. The number of primary amides is 1. The van der Waals surface area contributed by atoms with Crippen molar-refractivity contribution in [3.63, 3.8) is 0 Å². The van der Waals surface area contributed by atoms with E-state index in [0.29, 0.717) is 19.0 Å². The van der Waals surface area contributed by atoms with E-state index < -0.39 is 15.4 Å². The van der Waals surface area contributed by atoms with E-state index in [1.807, 2.05) is 0 Å². The topological polar surface area (TPSA) is 92.5 Å². The fourth-order valence-corrected chi connectivity index (χ4v) is 4.98. The zero-order valence-corrected chi connectivity index (χ0v) is 13.2. The fourth-order valence-electron chi connectivity index (χ4n) is 3.70. The lowest BCUT2D eigenvalue weighted by Gasteiger charge is -2.31. The molecule has 2 atom stereocenters. The molecule has 1 saturated heterocycles. The second kappa shape index (κ2) is 5.52. The fraction of sp³-hybridized carbons (Fsp3) is 0.929. The smallest absolute Gasteiger partial charge is 0.237 e. The predicted octanol–water partition coefficient (Wildman–Crippen LogP) is -0.364. The minimum absolute atomic E-state index is 0.239. The van der Waals surface area contributed by atoms with Gasteiger partial charge in [0.1, 0.15) is 0 Å². The number of nitrogens with one attached hydrogen (secondary N) is 1. The van der Waals surface area contributed by atoms with Gasteiger partial charge in [-0.3, -0.25) is 9.69 Å². The number of carbonyl (C=O) groups excluding carboxylic acids is 1. The number of carbonyl (C=O) groups is 1. The van der Waals surface area contributed by atoms with Gasteiger partial charge in [0.05, 0.1) is 17.0 Å². The highest BCUT2D eigenvalue weighted by atomic mass is 32.2. The molecular formula is C14H25N3O3S. The number of hydrogen-bond donors (Lipinski definition) is 2. The first-order chi connectivity index (χ1) is 9.90. The summed E-state index contributed by atoms with van der Waals surface area (Å²) in [6.45, 7) is 1.40. The third-order valence-corrected chi connectivity index (χ3v) is 6.84. The van der Waals surface area contributed by atoms with Crippen molar-refractivity contribution in [1.82, 2.24) is 10.2 Å². The van der Waals surface area contributed by atoms with E-state index in [0.717, 1.165) is 38.6 Å². The van der Waals surface area contributed by atoms with Crippen molar-refractivity contribution < 1.29 is 13.2 Å². The molecule has 0 aromatic carbocycles. The Morgan fingerprint density at radius 2 is 1.95 bits per heavy atom. The van der Waals surface area contributed by atoms with E-state index >= 15 is 0 Å². The summed E-state index contributed by atoms with van der Waals surface area (Å²) in [5, 5.41) is 3.45. The van der Waals surface area contributed by atoms with Crippen LogP contribution in [0.3, 0.4) is 0 Å². The van der Waals surface area contributed by atoms with Crippen molar-refractivity contribution in [3.05, 3.63) is 0 Å². The highest BCUT2D eigenvalue weighted by Crippen LogP contribution is 2.36. The molecule has 2 saturated carbocycles. The normalized spacial score (nSPS) is 37.2. The lowest BCUT2D eigenvalue weighted by molar-refractivity contribution is -0.124. The van der Waals surface area contributed by atoms with Crippen LogP contribution < -0.4 is 11.1 Å². The molecule has 2 unspecified atom stereocenters. The van der Waals surface area contributed by atoms with Crippen molar-refractivity contribution in [2.75, 3.05) is 24.6 Å². The quantitative estimate of drug-likeness (QED) is 0.739.